The lowest BCUT2D eigenvalue weighted by Crippen LogP contribution is -2.30. The number of aromatic nitrogens is 1. The summed E-state index contributed by atoms with van der Waals surface area (Å²) in [6.45, 7) is 1.86. The van der Waals surface area contributed by atoms with Gasteiger partial charge in [0, 0.05) is 23.1 Å². The molecule has 0 atom stereocenters. The number of aliphatic carboxylic acids is 1. The fraction of sp³-hybridized carbons (Fsp3) is 0.250. The zero-order valence-electron chi connectivity index (χ0n) is 15.8. The summed E-state index contributed by atoms with van der Waals surface area (Å²) in [7, 11) is 0. The van der Waals surface area contributed by atoms with E-state index in [1.807, 2.05) is 13.0 Å². The summed E-state index contributed by atoms with van der Waals surface area (Å²) in [5.41, 5.74) is 0.0796. The molecule has 1 heterocycles. The molecule has 1 N–H and O–H groups in total. The van der Waals surface area contributed by atoms with Crippen LogP contribution in [-0.4, -0.2) is 27.7 Å². The Hall–Kier alpha value is -2.59. The van der Waals surface area contributed by atoms with Gasteiger partial charge in [0.25, 0.3) is 0 Å². The molecule has 0 fully saturated rings. The van der Waals surface area contributed by atoms with Crippen LogP contribution in [0, 0.1) is 17.5 Å². The van der Waals surface area contributed by atoms with Crippen LogP contribution in [0.4, 0.5) is 18.9 Å². The predicted octanol–water partition coefficient (Wildman–Crippen LogP) is 5.22. The fourth-order valence-electron chi connectivity index (χ4n) is 2.81. The van der Waals surface area contributed by atoms with Crippen molar-refractivity contribution in [1.82, 2.24) is 4.98 Å². The van der Waals surface area contributed by atoms with Gasteiger partial charge in [-0.15, -0.1) is 23.1 Å². The molecular formula is C20H17F3N2O3S2. The maximum absolute atomic E-state index is 14.0. The van der Waals surface area contributed by atoms with Gasteiger partial charge in [0.1, 0.15) is 16.3 Å². The summed E-state index contributed by atoms with van der Waals surface area (Å²) < 4.78 is 41.4. The van der Waals surface area contributed by atoms with Gasteiger partial charge in [-0.1, -0.05) is 13.0 Å². The van der Waals surface area contributed by atoms with Crippen molar-refractivity contribution in [3.05, 3.63) is 52.8 Å². The Bertz CT molecular complexity index is 1100. The maximum atomic E-state index is 14.0. The second-order valence-electron chi connectivity index (χ2n) is 6.24. The van der Waals surface area contributed by atoms with Crippen molar-refractivity contribution in [3.63, 3.8) is 0 Å². The van der Waals surface area contributed by atoms with Gasteiger partial charge in [-0.2, -0.15) is 0 Å². The number of nitrogens with zero attached hydrogens (tertiary/aromatic N) is 2. The Morgan fingerprint density at radius 3 is 2.63 bits per heavy atom. The summed E-state index contributed by atoms with van der Waals surface area (Å²) in [5.74, 6) is -4.29. The largest absolute Gasteiger partial charge is 0.481 e. The van der Waals surface area contributed by atoms with Crippen LogP contribution >= 0.6 is 23.1 Å². The minimum atomic E-state index is -1.34. The molecule has 0 saturated carbocycles. The molecule has 0 aliphatic rings. The molecule has 158 valence electrons. The monoisotopic (exact) mass is 454 g/mol. The first-order valence-electron chi connectivity index (χ1n) is 8.98. The van der Waals surface area contributed by atoms with Crippen molar-refractivity contribution in [1.29, 1.82) is 0 Å². The Labute approximate surface area is 178 Å². The molecule has 0 aliphatic carbocycles. The van der Waals surface area contributed by atoms with E-state index in [-0.39, 0.29) is 29.1 Å². The Morgan fingerprint density at radius 2 is 1.93 bits per heavy atom. The van der Waals surface area contributed by atoms with E-state index in [1.54, 1.807) is 30.0 Å². The lowest BCUT2D eigenvalue weighted by molar-refractivity contribution is -0.138. The molecule has 0 bridgehead atoms. The van der Waals surface area contributed by atoms with Gasteiger partial charge in [-0.25, -0.2) is 18.2 Å². The Kier molecular flexibility index (Phi) is 6.99. The van der Waals surface area contributed by atoms with Crippen molar-refractivity contribution >= 4 is 50.9 Å². The zero-order valence-corrected chi connectivity index (χ0v) is 17.5. The molecule has 5 nitrogen and oxygen atoms in total. The minimum absolute atomic E-state index is 0.126. The van der Waals surface area contributed by atoms with E-state index in [4.69, 9.17) is 5.11 Å². The molecular weight excluding hydrogens is 437 g/mol. The second-order valence-corrected chi connectivity index (χ2v) is 8.66. The summed E-state index contributed by atoms with van der Waals surface area (Å²) in [6, 6.07) is 7.56. The van der Waals surface area contributed by atoms with Crippen LogP contribution < -0.4 is 4.90 Å². The number of benzene rings is 2. The first kappa shape index (κ1) is 22.1. The van der Waals surface area contributed by atoms with E-state index >= 15 is 0 Å². The van der Waals surface area contributed by atoms with Crippen LogP contribution in [0.1, 0.15) is 24.8 Å². The van der Waals surface area contributed by atoms with Crippen molar-refractivity contribution < 1.29 is 27.9 Å². The number of carboxylic acid groups (broad SMARTS) is 1. The molecule has 1 aromatic heterocycles. The van der Waals surface area contributed by atoms with Crippen LogP contribution in [0.5, 0.6) is 0 Å². The highest BCUT2D eigenvalue weighted by Crippen LogP contribution is 2.31. The number of rotatable bonds is 8. The van der Waals surface area contributed by atoms with Gasteiger partial charge >= 0.3 is 5.97 Å². The minimum Gasteiger partial charge on any atom is -0.481 e. The van der Waals surface area contributed by atoms with E-state index < -0.39 is 34.8 Å². The van der Waals surface area contributed by atoms with Crippen molar-refractivity contribution in [2.75, 3.05) is 10.7 Å². The molecule has 3 aromatic rings. The highest BCUT2D eigenvalue weighted by atomic mass is 32.2. The topological polar surface area (TPSA) is 70.5 Å². The maximum Gasteiger partial charge on any atom is 0.303 e. The third-order valence-electron chi connectivity index (χ3n) is 4.15. The molecule has 0 radical (unpaired) electrons. The van der Waals surface area contributed by atoms with E-state index in [0.717, 1.165) is 22.0 Å². The molecule has 0 spiro atoms. The number of hydrogen-bond donors (Lipinski definition) is 1. The predicted molar refractivity (Wildman–Crippen MR) is 110 cm³/mol. The van der Waals surface area contributed by atoms with Crippen LogP contribution in [-0.2, 0) is 16.1 Å². The van der Waals surface area contributed by atoms with E-state index in [1.165, 1.54) is 4.90 Å². The number of amides is 1. The van der Waals surface area contributed by atoms with E-state index in [9.17, 15) is 22.8 Å². The number of carbonyl (C=O) groups is 2. The molecule has 0 unspecified atom stereocenters. The van der Waals surface area contributed by atoms with Gasteiger partial charge in [0.2, 0.25) is 5.91 Å². The molecule has 2 aromatic carbocycles. The van der Waals surface area contributed by atoms with Crippen molar-refractivity contribution in [2.24, 2.45) is 0 Å². The zero-order chi connectivity index (χ0) is 21.8. The summed E-state index contributed by atoms with van der Waals surface area (Å²) in [5, 5.41) is 9.10. The first-order valence-corrected chi connectivity index (χ1v) is 10.8. The highest BCUT2D eigenvalue weighted by Gasteiger charge is 2.22. The standard InChI is InChI=1S/C20H17F3N2O3S2/c1-2-29-12-5-3-4-11(8-12)25(16(26)6-7-17(27)28)10-15-24-19-18(23)13(21)9-14(22)20(19)30-15/h3-5,8-9H,2,6-7,10H2,1H3,(H,27,28). The summed E-state index contributed by atoms with van der Waals surface area (Å²) in [6.07, 6.45) is -0.601. The Morgan fingerprint density at radius 1 is 1.17 bits per heavy atom. The second kappa shape index (κ2) is 9.48. The van der Waals surface area contributed by atoms with Crippen molar-refractivity contribution in [2.45, 2.75) is 31.2 Å². The van der Waals surface area contributed by atoms with Gasteiger partial charge < -0.3 is 10.0 Å². The smallest absolute Gasteiger partial charge is 0.303 e. The number of thiazole rings is 1. The molecule has 0 aliphatic heterocycles. The lowest BCUT2D eigenvalue weighted by Gasteiger charge is -2.22. The molecule has 10 heteroatoms. The Balaban J connectivity index is 1.98. The third-order valence-corrected chi connectivity index (χ3v) is 6.07. The third kappa shape index (κ3) is 4.93. The number of anilines is 1. The van der Waals surface area contributed by atoms with Crippen LogP contribution in [0.2, 0.25) is 0 Å². The fourth-order valence-corrected chi connectivity index (χ4v) is 4.48. The lowest BCUT2D eigenvalue weighted by atomic mass is 10.2. The van der Waals surface area contributed by atoms with Crippen LogP contribution in [0.3, 0.4) is 0 Å². The molecule has 1 amide bonds. The molecule has 0 saturated heterocycles. The number of hydrogen-bond acceptors (Lipinski definition) is 5. The molecule has 30 heavy (non-hydrogen) atoms. The van der Waals surface area contributed by atoms with Crippen LogP contribution in [0.15, 0.2) is 35.2 Å². The first-order chi connectivity index (χ1) is 14.3. The van der Waals surface area contributed by atoms with Crippen molar-refractivity contribution in [3.8, 4) is 0 Å². The highest BCUT2D eigenvalue weighted by molar-refractivity contribution is 7.99. The number of carbonyl (C=O) groups excluding carboxylic acids is 1. The number of fused-ring (bicyclic) bond motifs is 1. The SMILES string of the molecule is CCSc1cccc(N(Cc2nc3c(F)c(F)cc(F)c3s2)C(=O)CCC(=O)O)c1. The van der Waals surface area contributed by atoms with E-state index in [2.05, 4.69) is 4.98 Å². The molecule has 3 rings (SSSR count). The number of thioether (sulfide) groups is 1. The summed E-state index contributed by atoms with van der Waals surface area (Å²) in [4.78, 5) is 29.9. The van der Waals surface area contributed by atoms with E-state index in [0.29, 0.717) is 11.8 Å². The summed E-state index contributed by atoms with van der Waals surface area (Å²) >= 11 is 2.38. The van der Waals surface area contributed by atoms with Gasteiger partial charge in [-0.05, 0) is 24.0 Å². The van der Waals surface area contributed by atoms with Gasteiger partial charge in [0.15, 0.2) is 11.6 Å². The van der Waals surface area contributed by atoms with Gasteiger partial charge in [-0.3, -0.25) is 9.59 Å². The quantitative estimate of drug-likeness (QED) is 0.373. The average Bonchev–Trinajstić information content (AvgIpc) is 3.14. The number of halogens is 3. The van der Waals surface area contributed by atoms with Gasteiger partial charge in [0.05, 0.1) is 17.7 Å². The average molecular weight is 454 g/mol. The normalized spacial score (nSPS) is 11.1. The number of carboxylic acids is 1. The van der Waals surface area contributed by atoms with Crippen LogP contribution in [0.25, 0.3) is 10.2 Å².